The topological polar surface area (TPSA) is 73.2 Å². The van der Waals surface area contributed by atoms with E-state index in [9.17, 15) is 9.59 Å². The van der Waals surface area contributed by atoms with Crippen molar-refractivity contribution in [3.8, 4) is 6.07 Å². The molecule has 0 spiro atoms. The predicted octanol–water partition coefficient (Wildman–Crippen LogP) is 2.96. The molecular weight excluding hydrogens is 314 g/mol. The number of nitrogens with one attached hydrogen (secondary N) is 1. The second-order valence-electron chi connectivity index (χ2n) is 6.19. The van der Waals surface area contributed by atoms with Crippen LogP contribution in [0.2, 0.25) is 0 Å². The molecule has 1 aliphatic rings. The maximum absolute atomic E-state index is 12.5. The minimum absolute atomic E-state index is 0.0189. The van der Waals surface area contributed by atoms with Gasteiger partial charge in [-0.15, -0.1) is 0 Å². The minimum Gasteiger partial charge on any atom is -0.346 e. The fourth-order valence-electron chi connectivity index (χ4n) is 3.08. The summed E-state index contributed by atoms with van der Waals surface area (Å²) >= 11 is 0. The van der Waals surface area contributed by atoms with E-state index in [4.69, 9.17) is 5.26 Å². The summed E-state index contributed by atoms with van der Waals surface area (Å²) < 4.78 is 0. The quantitative estimate of drug-likeness (QED) is 0.938. The number of anilines is 1. The highest BCUT2D eigenvalue weighted by molar-refractivity contribution is 5.98. The predicted molar refractivity (Wildman–Crippen MR) is 95.2 cm³/mol. The van der Waals surface area contributed by atoms with Gasteiger partial charge >= 0.3 is 0 Å². The van der Waals surface area contributed by atoms with Gasteiger partial charge in [0.25, 0.3) is 5.91 Å². The van der Waals surface area contributed by atoms with Crippen LogP contribution in [0.15, 0.2) is 42.5 Å². The van der Waals surface area contributed by atoms with Gasteiger partial charge in [0, 0.05) is 24.7 Å². The summed E-state index contributed by atoms with van der Waals surface area (Å²) in [6.07, 6.45) is 0.765. The Bertz CT molecular complexity index is 866. The Kier molecular flexibility index (Phi) is 4.53. The smallest absolute Gasteiger partial charge is 0.251 e. The third kappa shape index (κ3) is 3.38. The van der Waals surface area contributed by atoms with Crippen molar-refractivity contribution in [2.24, 2.45) is 0 Å². The van der Waals surface area contributed by atoms with E-state index in [2.05, 4.69) is 11.4 Å². The van der Waals surface area contributed by atoms with Crippen molar-refractivity contribution in [1.29, 1.82) is 5.26 Å². The van der Waals surface area contributed by atoms with Crippen LogP contribution in [0, 0.1) is 11.3 Å². The van der Waals surface area contributed by atoms with Gasteiger partial charge in [-0.25, -0.2) is 0 Å². The molecule has 1 atom stereocenters. The largest absolute Gasteiger partial charge is 0.346 e. The molecule has 0 bridgehead atoms. The molecule has 0 aliphatic carbocycles. The second-order valence-corrected chi connectivity index (χ2v) is 6.19. The van der Waals surface area contributed by atoms with Gasteiger partial charge in [0.05, 0.1) is 17.7 Å². The van der Waals surface area contributed by atoms with Crippen LogP contribution in [0.4, 0.5) is 5.69 Å². The van der Waals surface area contributed by atoms with E-state index in [0.29, 0.717) is 17.7 Å². The third-order valence-electron chi connectivity index (χ3n) is 4.50. The van der Waals surface area contributed by atoms with Crippen LogP contribution < -0.4 is 10.2 Å². The molecule has 1 unspecified atom stereocenters. The van der Waals surface area contributed by atoms with Gasteiger partial charge in [0.1, 0.15) is 0 Å². The van der Waals surface area contributed by atoms with Crippen molar-refractivity contribution in [2.75, 3.05) is 11.4 Å². The van der Waals surface area contributed by atoms with Crippen LogP contribution in [-0.4, -0.2) is 18.4 Å². The molecule has 2 aromatic carbocycles. The highest BCUT2D eigenvalue weighted by atomic mass is 16.2. The molecule has 1 aliphatic heterocycles. The lowest BCUT2D eigenvalue weighted by Crippen LogP contribution is -2.27. The van der Waals surface area contributed by atoms with E-state index in [1.807, 2.05) is 31.2 Å². The maximum Gasteiger partial charge on any atom is 0.251 e. The lowest BCUT2D eigenvalue weighted by atomic mass is 10.0. The molecule has 0 saturated heterocycles. The maximum atomic E-state index is 12.5. The summed E-state index contributed by atoms with van der Waals surface area (Å²) in [7, 11) is 0. The number of nitriles is 1. The molecule has 5 heteroatoms. The zero-order valence-electron chi connectivity index (χ0n) is 14.2. The molecular formula is C20H19N3O2. The summed E-state index contributed by atoms with van der Waals surface area (Å²) in [6, 6.07) is 14.5. The zero-order valence-corrected chi connectivity index (χ0v) is 14.2. The van der Waals surface area contributed by atoms with Crippen LogP contribution in [0.1, 0.15) is 46.9 Å². The van der Waals surface area contributed by atoms with E-state index < -0.39 is 0 Å². The molecule has 2 amide bonds. The molecule has 1 N–H and O–H groups in total. The van der Waals surface area contributed by atoms with E-state index in [-0.39, 0.29) is 17.9 Å². The standard InChI is InChI=1S/C20H19N3O2/c1-13(16-5-3-15(12-21)4-6-16)22-20(25)18-7-8-19-17(11-18)9-10-23(19)14(2)24/h3-8,11,13H,9-10H2,1-2H3,(H,22,25). The molecule has 5 nitrogen and oxygen atoms in total. The number of carbonyl (C=O) groups is 2. The zero-order chi connectivity index (χ0) is 18.0. The number of amides is 2. The molecule has 2 aromatic rings. The minimum atomic E-state index is -0.165. The Labute approximate surface area is 146 Å². The van der Waals surface area contributed by atoms with Crippen LogP contribution in [0.5, 0.6) is 0 Å². The normalized spacial score (nSPS) is 13.7. The molecule has 0 fully saturated rings. The number of fused-ring (bicyclic) bond motifs is 1. The number of hydrogen-bond acceptors (Lipinski definition) is 3. The molecule has 126 valence electrons. The number of nitrogens with zero attached hydrogens (tertiary/aromatic N) is 2. The number of hydrogen-bond donors (Lipinski definition) is 1. The van der Waals surface area contributed by atoms with Crippen molar-refractivity contribution in [3.05, 3.63) is 64.7 Å². The van der Waals surface area contributed by atoms with Gasteiger partial charge in [-0.2, -0.15) is 5.26 Å². The van der Waals surface area contributed by atoms with Crippen LogP contribution in [-0.2, 0) is 11.2 Å². The van der Waals surface area contributed by atoms with Crippen molar-refractivity contribution in [3.63, 3.8) is 0 Å². The molecule has 0 aromatic heterocycles. The number of benzene rings is 2. The highest BCUT2D eigenvalue weighted by Crippen LogP contribution is 2.29. The van der Waals surface area contributed by atoms with Crippen LogP contribution >= 0.6 is 0 Å². The lowest BCUT2D eigenvalue weighted by Gasteiger charge is -2.16. The van der Waals surface area contributed by atoms with Crippen LogP contribution in [0.3, 0.4) is 0 Å². The van der Waals surface area contributed by atoms with Gasteiger partial charge in [-0.3, -0.25) is 9.59 Å². The van der Waals surface area contributed by atoms with Crippen molar-refractivity contribution in [1.82, 2.24) is 5.32 Å². The third-order valence-corrected chi connectivity index (χ3v) is 4.50. The average Bonchev–Trinajstić information content (AvgIpc) is 3.05. The first kappa shape index (κ1) is 16.7. The van der Waals surface area contributed by atoms with E-state index in [0.717, 1.165) is 23.2 Å². The monoisotopic (exact) mass is 333 g/mol. The summed E-state index contributed by atoms with van der Waals surface area (Å²) in [6.45, 7) is 4.12. The second kappa shape index (κ2) is 6.78. The van der Waals surface area contributed by atoms with Crippen LogP contribution in [0.25, 0.3) is 0 Å². The first-order chi connectivity index (χ1) is 12.0. The lowest BCUT2D eigenvalue weighted by molar-refractivity contribution is -0.116. The van der Waals surface area contributed by atoms with Gasteiger partial charge in [-0.1, -0.05) is 12.1 Å². The van der Waals surface area contributed by atoms with Gasteiger partial charge in [0.15, 0.2) is 0 Å². The molecule has 1 heterocycles. The fraction of sp³-hybridized carbons (Fsp3) is 0.250. The summed E-state index contributed by atoms with van der Waals surface area (Å²) in [5.41, 5.74) is 4.04. The Morgan fingerprint density at radius 1 is 1.20 bits per heavy atom. The van der Waals surface area contributed by atoms with Crippen molar-refractivity contribution < 1.29 is 9.59 Å². The molecule has 3 rings (SSSR count). The Hall–Kier alpha value is -3.13. The van der Waals surface area contributed by atoms with Crippen molar-refractivity contribution >= 4 is 17.5 Å². The average molecular weight is 333 g/mol. The van der Waals surface area contributed by atoms with Gasteiger partial charge < -0.3 is 10.2 Å². The van der Waals surface area contributed by atoms with E-state index >= 15 is 0 Å². The van der Waals surface area contributed by atoms with Gasteiger partial charge in [0.2, 0.25) is 5.91 Å². The summed E-state index contributed by atoms with van der Waals surface area (Å²) in [5, 5.41) is 11.8. The SMILES string of the molecule is CC(=O)N1CCc2cc(C(=O)NC(C)c3ccc(C#N)cc3)ccc21. The Balaban J connectivity index is 1.73. The fourth-order valence-corrected chi connectivity index (χ4v) is 3.08. The highest BCUT2D eigenvalue weighted by Gasteiger charge is 2.23. The molecule has 0 radical (unpaired) electrons. The van der Waals surface area contributed by atoms with E-state index in [1.54, 1.807) is 30.0 Å². The molecule has 25 heavy (non-hydrogen) atoms. The van der Waals surface area contributed by atoms with Gasteiger partial charge in [-0.05, 0) is 54.8 Å². The number of rotatable bonds is 3. The first-order valence-corrected chi connectivity index (χ1v) is 8.21. The number of carbonyl (C=O) groups excluding carboxylic acids is 2. The summed E-state index contributed by atoms with van der Waals surface area (Å²) in [4.78, 5) is 25.9. The molecule has 0 saturated carbocycles. The first-order valence-electron chi connectivity index (χ1n) is 8.21. The van der Waals surface area contributed by atoms with E-state index in [1.165, 1.54) is 0 Å². The van der Waals surface area contributed by atoms with Crippen molar-refractivity contribution in [2.45, 2.75) is 26.3 Å². The summed E-state index contributed by atoms with van der Waals surface area (Å²) in [5.74, 6) is -0.133. The Morgan fingerprint density at radius 3 is 2.56 bits per heavy atom. The Morgan fingerprint density at radius 2 is 1.92 bits per heavy atom.